The molecular formula is C20H18Cl2N2O3. The second-order valence-corrected chi connectivity index (χ2v) is 7.58. The number of rotatable bonds is 3. The van der Waals surface area contributed by atoms with Crippen LogP contribution in [0.3, 0.4) is 0 Å². The Morgan fingerprint density at radius 3 is 2.37 bits per heavy atom. The Hall–Kier alpha value is -2.08. The average molecular weight is 405 g/mol. The normalized spacial score (nSPS) is 25.1. The quantitative estimate of drug-likeness (QED) is 0.697. The number of imide groups is 1. The molecule has 0 bridgehead atoms. The van der Waals surface area contributed by atoms with Gasteiger partial charge < -0.3 is 4.74 Å². The van der Waals surface area contributed by atoms with Crippen LogP contribution in [0.1, 0.15) is 24.3 Å². The fourth-order valence-electron chi connectivity index (χ4n) is 4.19. The van der Waals surface area contributed by atoms with Gasteiger partial charge in [0, 0.05) is 29.6 Å². The maximum absolute atomic E-state index is 13.6. The number of hydrogen-bond acceptors (Lipinski definition) is 3. The van der Waals surface area contributed by atoms with Crippen LogP contribution in [0.5, 0.6) is 0 Å². The van der Waals surface area contributed by atoms with Crippen LogP contribution in [-0.2, 0) is 9.53 Å². The second kappa shape index (κ2) is 6.82. The first kappa shape index (κ1) is 18.3. The van der Waals surface area contributed by atoms with Crippen LogP contribution in [0.15, 0.2) is 48.5 Å². The first-order chi connectivity index (χ1) is 13.0. The molecule has 3 amide bonds. The second-order valence-electron chi connectivity index (χ2n) is 6.71. The summed E-state index contributed by atoms with van der Waals surface area (Å²) in [4.78, 5) is 29.4. The highest BCUT2D eigenvalue weighted by molar-refractivity contribution is 6.35. The van der Waals surface area contributed by atoms with E-state index in [-0.39, 0.29) is 5.92 Å². The Morgan fingerprint density at radius 2 is 1.74 bits per heavy atom. The van der Waals surface area contributed by atoms with Crippen molar-refractivity contribution in [2.45, 2.75) is 24.5 Å². The lowest BCUT2D eigenvalue weighted by Crippen LogP contribution is -2.58. The van der Waals surface area contributed by atoms with Crippen molar-refractivity contribution in [1.29, 1.82) is 0 Å². The number of carbonyl (C=O) groups excluding carboxylic acids is 2. The first-order valence-corrected chi connectivity index (χ1v) is 9.47. The van der Waals surface area contributed by atoms with Crippen molar-refractivity contribution in [3.8, 4) is 0 Å². The van der Waals surface area contributed by atoms with E-state index < -0.39 is 17.7 Å². The zero-order valence-electron chi connectivity index (χ0n) is 14.7. The van der Waals surface area contributed by atoms with Gasteiger partial charge in [0.2, 0.25) is 5.72 Å². The van der Waals surface area contributed by atoms with Crippen molar-refractivity contribution in [2.75, 3.05) is 18.6 Å². The van der Waals surface area contributed by atoms with Gasteiger partial charge in [-0.25, -0.2) is 9.69 Å². The van der Waals surface area contributed by atoms with Gasteiger partial charge in [0.05, 0.1) is 5.69 Å². The summed E-state index contributed by atoms with van der Waals surface area (Å²) in [5.74, 6) is -0.671. The molecule has 0 spiro atoms. The Kier molecular flexibility index (Phi) is 4.62. The Labute approximate surface area is 167 Å². The Morgan fingerprint density at radius 1 is 1.07 bits per heavy atom. The van der Waals surface area contributed by atoms with Gasteiger partial charge in [0.25, 0.3) is 5.91 Å². The van der Waals surface area contributed by atoms with E-state index in [0.717, 1.165) is 23.3 Å². The molecule has 27 heavy (non-hydrogen) atoms. The molecule has 140 valence electrons. The fraction of sp³-hybridized carbons (Fsp3) is 0.300. The van der Waals surface area contributed by atoms with Crippen LogP contribution in [0.25, 0.3) is 0 Å². The number of benzene rings is 2. The predicted molar refractivity (Wildman–Crippen MR) is 104 cm³/mol. The maximum atomic E-state index is 13.6. The van der Waals surface area contributed by atoms with Crippen LogP contribution in [0.4, 0.5) is 10.5 Å². The molecule has 2 aliphatic heterocycles. The van der Waals surface area contributed by atoms with Gasteiger partial charge in [-0.05, 0) is 36.6 Å². The summed E-state index contributed by atoms with van der Waals surface area (Å²) in [7, 11) is 1.48. The summed E-state index contributed by atoms with van der Waals surface area (Å²) in [6.07, 6.45) is 1.53. The minimum atomic E-state index is -1.37. The third kappa shape index (κ3) is 2.73. The zero-order valence-corrected chi connectivity index (χ0v) is 16.2. The van der Waals surface area contributed by atoms with Crippen LogP contribution in [-0.4, -0.2) is 36.2 Å². The number of methoxy groups -OCH3 is 1. The molecule has 2 heterocycles. The number of piperidine rings is 1. The molecule has 4 rings (SSSR count). The van der Waals surface area contributed by atoms with E-state index in [0.29, 0.717) is 22.3 Å². The highest BCUT2D eigenvalue weighted by Crippen LogP contribution is 2.47. The summed E-state index contributed by atoms with van der Waals surface area (Å²) in [5.41, 5.74) is -0.0535. The van der Waals surface area contributed by atoms with Crippen molar-refractivity contribution >= 4 is 40.8 Å². The molecule has 0 aromatic heterocycles. The molecule has 0 radical (unpaired) electrons. The smallest absolute Gasteiger partial charge is 0.334 e. The molecule has 2 aromatic rings. The number of hydrogen-bond donors (Lipinski definition) is 0. The maximum Gasteiger partial charge on any atom is 0.334 e. The van der Waals surface area contributed by atoms with Crippen molar-refractivity contribution in [3.05, 3.63) is 64.1 Å². The van der Waals surface area contributed by atoms with Crippen molar-refractivity contribution in [1.82, 2.24) is 4.90 Å². The molecule has 2 saturated heterocycles. The highest BCUT2D eigenvalue weighted by atomic mass is 35.5. The molecule has 7 heteroatoms. The van der Waals surface area contributed by atoms with Gasteiger partial charge in [-0.15, -0.1) is 0 Å². The monoisotopic (exact) mass is 404 g/mol. The number of ether oxygens (including phenoxy) is 1. The van der Waals surface area contributed by atoms with Crippen LogP contribution < -0.4 is 4.90 Å². The molecule has 2 aromatic carbocycles. The van der Waals surface area contributed by atoms with Crippen molar-refractivity contribution < 1.29 is 14.3 Å². The van der Waals surface area contributed by atoms with E-state index in [9.17, 15) is 9.59 Å². The molecular weight excluding hydrogens is 387 g/mol. The third-order valence-corrected chi connectivity index (χ3v) is 5.73. The summed E-state index contributed by atoms with van der Waals surface area (Å²) in [5, 5.41) is 0.711. The summed E-state index contributed by atoms with van der Waals surface area (Å²) in [6, 6.07) is 14.0. The average Bonchev–Trinajstić information content (AvgIpc) is 2.89. The van der Waals surface area contributed by atoms with Gasteiger partial charge >= 0.3 is 6.03 Å². The molecule has 5 nitrogen and oxygen atoms in total. The van der Waals surface area contributed by atoms with Gasteiger partial charge in [-0.2, -0.15) is 0 Å². The lowest BCUT2D eigenvalue weighted by molar-refractivity contribution is -0.164. The topological polar surface area (TPSA) is 49.9 Å². The Balaban J connectivity index is 1.84. The summed E-state index contributed by atoms with van der Waals surface area (Å²) < 4.78 is 5.81. The van der Waals surface area contributed by atoms with Crippen LogP contribution >= 0.6 is 23.2 Å². The van der Waals surface area contributed by atoms with Gasteiger partial charge in [-0.1, -0.05) is 53.5 Å². The van der Waals surface area contributed by atoms with Crippen LogP contribution in [0.2, 0.25) is 10.0 Å². The van der Waals surface area contributed by atoms with Gasteiger partial charge in [0.1, 0.15) is 0 Å². The molecule has 2 unspecified atom stereocenters. The number of nitrogens with zero attached hydrogens (tertiary/aromatic N) is 2. The third-order valence-electron chi connectivity index (χ3n) is 5.30. The number of anilines is 1. The van der Waals surface area contributed by atoms with Gasteiger partial charge in [0.15, 0.2) is 0 Å². The largest absolute Gasteiger partial charge is 0.350 e. The lowest BCUT2D eigenvalue weighted by Gasteiger charge is -2.43. The summed E-state index contributed by atoms with van der Waals surface area (Å²) in [6.45, 7) is 0.451. The molecule has 0 saturated carbocycles. The van der Waals surface area contributed by atoms with E-state index in [1.807, 2.05) is 30.3 Å². The SMILES string of the molecule is COC12C(=O)N(c3cc(Cl)cc(Cl)c3)C(=O)N1CCCC2c1ccccc1. The number of urea groups is 1. The highest BCUT2D eigenvalue weighted by Gasteiger charge is 2.64. The minimum Gasteiger partial charge on any atom is -0.350 e. The molecule has 2 fully saturated rings. The first-order valence-electron chi connectivity index (χ1n) is 8.71. The molecule has 0 N–H and O–H groups in total. The number of halogens is 2. The number of carbonyl (C=O) groups is 2. The lowest BCUT2D eigenvalue weighted by atomic mass is 9.80. The zero-order chi connectivity index (χ0) is 19.2. The van der Waals surface area contributed by atoms with Gasteiger partial charge in [-0.3, -0.25) is 9.69 Å². The summed E-state index contributed by atoms with van der Waals surface area (Å²) >= 11 is 12.2. The van der Waals surface area contributed by atoms with E-state index >= 15 is 0 Å². The Bertz CT molecular complexity index is 885. The van der Waals surface area contributed by atoms with E-state index in [4.69, 9.17) is 27.9 Å². The molecule has 0 aliphatic carbocycles. The van der Waals surface area contributed by atoms with Crippen molar-refractivity contribution in [3.63, 3.8) is 0 Å². The minimum absolute atomic E-state index is 0.256. The standard InChI is InChI=1S/C20H18Cl2N2O3/c1-27-20-17(13-6-3-2-4-7-13)8-5-9-23(20)19(26)24(18(20)25)16-11-14(21)10-15(22)12-16/h2-4,6-7,10-12,17H,5,8-9H2,1H3. The van der Waals surface area contributed by atoms with E-state index in [1.54, 1.807) is 18.2 Å². The predicted octanol–water partition coefficient (Wildman–Crippen LogP) is 4.68. The fourth-order valence-corrected chi connectivity index (χ4v) is 4.70. The van der Waals surface area contributed by atoms with E-state index in [2.05, 4.69) is 0 Å². The van der Waals surface area contributed by atoms with E-state index in [1.165, 1.54) is 12.0 Å². The van der Waals surface area contributed by atoms with Crippen LogP contribution in [0, 0.1) is 0 Å². The van der Waals surface area contributed by atoms with Crippen molar-refractivity contribution in [2.24, 2.45) is 0 Å². The molecule has 2 aliphatic rings. The number of fused-ring (bicyclic) bond motifs is 1. The molecule has 2 atom stereocenters. The number of amides is 3.